The van der Waals surface area contributed by atoms with Gasteiger partial charge in [0.05, 0.1) is 5.56 Å². The van der Waals surface area contributed by atoms with Crippen molar-refractivity contribution in [3.63, 3.8) is 0 Å². The highest BCUT2D eigenvalue weighted by Gasteiger charge is 2.46. The summed E-state index contributed by atoms with van der Waals surface area (Å²) in [6.07, 6.45) is 0.585. The molecule has 4 rings (SSSR count). The Hall–Kier alpha value is -3.15. The summed E-state index contributed by atoms with van der Waals surface area (Å²) < 4.78 is 5.43. The molecule has 2 atom stereocenters. The highest BCUT2D eigenvalue weighted by molar-refractivity contribution is 5.96. The molecule has 6 heteroatoms. The Bertz CT molecular complexity index is 881. The van der Waals surface area contributed by atoms with Gasteiger partial charge >= 0.3 is 5.97 Å². The van der Waals surface area contributed by atoms with Crippen molar-refractivity contribution >= 4 is 17.8 Å². The predicted octanol–water partition coefficient (Wildman–Crippen LogP) is 2.21. The molecule has 0 saturated carbocycles. The van der Waals surface area contributed by atoms with E-state index in [-0.39, 0.29) is 18.2 Å². The second kappa shape index (κ2) is 7.23. The second-order valence-corrected chi connectivity index (χ2v) is 6.73. The van der Waals surface area contributed by atoms with Crippen molar-refractivity contribution in [3.8, 4) is 0 Å². The van der Waals surface area contributed by atoms with E-state index in [2.05, 4.69) is 5.32 Å². The first-order valence-corrected chi connectivity index (χ1v) is 9.08. The topological polar surface area (TPSA) is 75.7 Å². The number of cyclic esters (lactones) is 1. The Morgan fingerprint density at radius 1 is 1.07 bits per heavy atom. The summed E-state index contributed by atoms with van der Waals surface area (Å²) in [4.78, 5) is 38.6. The van der Waals surface area contributed by atoms with E-state index in [1.807, 2.05) is 30.3 Å². The van der Waals surface area contributed by atoms with Gasteiger partial charge in [-0.3, -0.25) is 14.5 Å². The summed E-state index contributed by atoms with van der Waals surface area (Å²) in [6.45, 7) is 0.489. The van der Waals surface area contributed by atoms with Crippen LogP contribution in [0.1, 0.15) is 40.6 Å². The standard InChI is InChI=1S/C21H20N2O4/c24-18-11-10-17(19(25)22-13-12-14-6-2-1-3-7-14)23(18)20-15-8-4-5-9-16(15)21(26)27-20/h1-9,17,20H,10-13H2,(H,22,25)/t17-,20-/m0/s1. The van der Waals surface area contributed by atoms with Gasteiger partial charge in [-0.25, -0.2) is 4.79 Å². The van der Waals surface area contributed by atoms with Crippen molar-refractivity contribution in [3.05, 3.63) is 71.3 Å². The zero-order valence-electron chi connectivity index (χ0n) is 14.8. The number of hydrogen-bond acceptors (Lipinski definition) is 4. The molecule has 1 N–H and O–H groups in total. The number of carbonyl (C=O) groups is 3. The summed E-state index contributed by atoms with van der Waals surface area (Å²) >= 11 is 0. The van der Waals surface area contributed by atoms with Crippen LogP contribution in [0.5, 0.6) is 0 Å². The van der Waals surface area contributed by atoms with E-state index in [0.717, 1.165) is 5.56 Å². The highest BCUT2D eigenvalue weighted by atomic mass is 16.6. The van der Waals surface area contributed by atoms with E-state index in [9.17, 15) is 14.4 Å². The average molecular weight is 364 g/mol. The van der Waals surface area contributed by atoms with Gasteiger partial charge in [-0.1, -0.05) is 48.5 Å². The molecule has 2 aliphatic rings. The van der Waals surface area contributed by atoms with Crippen LogP contribution < -0.4 is 5.32 Å². The molecule has 0 unspecified atom stereocenters. The van der Waals surface area contributed by atoms with Gasteiger partial charge in [-0.15, -0.1) is 0 Å². The van der Waals surface area contributed by atoms with Gasteiger partial charge in [0.25, 0.3) is 0 Å². The Morgan fingerprint density at radius 2 is 1.81 bits per heavy atom. The SMILES string of the molecule is O=C1O[C@H](N2C(=O)CC[C@H]2C(=O)NCCc2ccccc2)c2ccccc21. The number of benzene rings is 2. The van der Waals surface area contributed by atoms with Crippen LogP contribution >= 0.6 is 0 Å². The lowest BCUT2D eigenvalue weighted by Gasteiger charge is -2.29. The van der Waals surface area contributed by atoms with Crippen molar-refractivity contribution in [1.29, 1.82) is 0 Å². The fourth-order valence-electron chi connectivity index (χ4n) is 3.68. The van der Waals surface area contributed by atoms with Crippen LogP contribution in [0.4, 0.5) is 0 Å². The maximum absolute atomic E-state index is 12.7. The highest BCUT2D eigenvalue weighted by Crippen LogP contribution is 2.38. The molecule has 1 fully saturated rings. The molecule has 2 heterocycles. The molecular weight excluding hydrogens is 344 g/mol. The van der Waals surface area contributed by atoms with Crippen molar-refractivity contribution in [2.75, 3.05) is 6.54 Å². The van der Waals surface area contributed by atoms with Crippen LogP contribution in [0.25, 0.3) is 0 Å². The van der Waals surface area contributed by atoms with Crippen LogP contribution in [0.15, 0.2) is 54.6 Å². The quantitative estimate of drug-likeness (QED) is 0.826. The Labute approximate surface area is 157 Å². The van der Waals surface area contributed by atoms with Gasteiger partial charge in [0, 0.05) is 18.5 Å². The van der Waals surface area contributed by atoms with E-state index in [1.54, 1.807) is 24.3 Å². The number of esters is 1. The number of rotatable bonds is 5. The van der Waals surface area contributed by atoms with Gasteiger partial charge in [-0.05, 0) is 24.5 Å². The summed E-state index contributed by atoms with van der Waals surface area (Å²) in [6, 6.07) is 16.2. The van der Waals surface area contributed by atoms with Crippen molar-refractivity contribution in [2.24, 2.45) is 0 Å². The lowest BCUT2D eigenvalue weighted by atomic mass is 10.1. The van der Waals surface area contributed by atoms with E-state index >= 15 is 0 Å². The molecule has 2 aliphatic heterocycles. The third kappa shape index (κ3) is 3.30. The number of likely N-dealkylation sites (tertiary alicyclic amines) is 1. The number of fused-ring (bicyclic) bond motifs is 1. The molecule has 0 aromatic heterocycles. The third-order valence-corrected chi connectivity index (χ3v) is 5.03. The molecule has 2 aromatic rings. The minimum absolute atomic E-state index is 0.173. The van der Waals surface area contributed by atoms with Crippen molar-refractivity contribution < 1.29 is 19.1 Å². The normalized spacial score (nSPS) is 21.1. The zero-order chi connectivity index (χ0) is 18.8. The Morgan fingerprint density at radius 3 is 2.63 bits per heavy atom. The minimum Gasteiger partial charge on any atom is -0.433 e. The maximum Gasteiger partial charge on any atom is 0.340 e. The van der Waals surface area contributed by atoms with Gasteiger partial charge in [0.2, 0.25) is 18.0 Å². The molecular formula is C21H20N2O4. The van der Waals surface area contributed by atoms with Crippen LogP contribution in [0.3, 0.4) is 0 Å². The summed E-state index contributed by atoms with van der Waals surface area (Å²) in [5, 5.41) is 2.91. The lowest BCUT2D eigenvalue weighted by molar-refractivity contribution is -0.145. The smallest absolute Gasteiger partial charge is 0.340 e. The summed E-state index contributed by atoms with van der Waals surface area (Å²) in [5.74, 6) is -0.844. The number of ether oxygens (including phenoxy) is 1. The minimum atomic E-state index is -0.825. The number of nitrogens with one attached hydrogen (secondary N) is 1. The summed E-state index contributed by atoms with van der Waals surface area (Å²) in [7, 11) is 0. The fourth-order valence-corrected chi connectivity index (χ4v) is 3.68. The molecule has 1 saturated heterocycles. The molecule has 27 heavy (non-hydrogen) atoms. The van der Waals surface area contributed by atoms with Crippen LogP contribution in [0, 0.1) is 0 Å². The van der Waals surface area contributed by atoms with E-state index < -0.39 is 18.2 Å². The van der Waals surface area contributed by atoms with E-state index in [0.29, 0.717) is 30.5 Å². The van der Waals surface area contributed by atoms with E-state index in [1.165, 1.54) is 4.90 Å². The van der Waals surface area contributed by atoms with Crippen molar-refractivity contribution in [1.82, 2.24) is 10.2 Å². The van der Waals surface area contributed by atoms with Gasteiger partial charge in [-0.2, -0.15) is 0 Å². The molecule has 2 amide bonds. The number of carbonyl (C=O) groups excluding carboxylic acids is 3. The first-order chi connectivity index (χ1) is 13.1. The predicted molar refractivity (Wildman–Crippen MR) is 97.6 cm³/mol. The van der Waals surface area contributed by atoms with Gasteiger partial charge in [0.15, 0.2) is 0 Å². The Kier molecular flexibility index (Phi) is 4.62. The molecule has 6 nitrogen and oxygen atoms in total. The van der Waals surface area contributed by atoms with Crippen molar-refractivity contribution in [2.45, 2.75) is 31.5 Å². The first-order valence-electron chi connectivity index (χ1n) is 9.08. The van der Waals surface area contributed by atoms with Crippen LogP contribution in [0.2, 0.25) is 0 Å². The molecule has 2 aromatic carbocycles. The molecule has 138 valence electrons. The fraction of sp³-hybridized carbons (Fsp3) is 0.286. The second-order valence-electron chi connectivity index (χ2n) is 6.73. The van der Waals surface area contributed by atoms with Gasteiger partial charge in [0.1, 0.15) is 6.04 Å². The molecule has 0 radical (unpaired) electrons. The molecule has 0 spiro atoms. The number of nitrogens with zero attached hydrogens (tertiary/aromatic N) is 1. The molecule has 0 bridgehead atoms. The first kappa shape index (κ1) is 17.3. The zero-order valence-corrected chi connectivity index (χ0v) is 14.8. The number of hydrogen-bond donors (Lipinski definition) is 1. The summed E-state index contributed by atoms with van der Waals surface area (Å²) in [5.41, 5.74) is 2.22. The maximum atomic E-state index is 12.7. The largest absolute Gasteiger partial charge is 0.433 e. The Balaban J connectivity index is 1.46. The number of amides is 2. The van der Waals surface area contributed by atoms with E-state index in [4.69, 9.17) is 4.74 Å². The molecule has 0 aliphatic carbocycles. The van der Waals surface area contributed by atoms with Crippen LogP contribution in [-0.4, -0.2) is 35.3 Å². The monoisotopic (exact) mass is 364 g/mol. The van der Waals surface area contributed by atoms with Gasteiger partial charge < -0.3 is 10.1 Å². The third-order valence-electron chi connectivity index (χ3n) is 5.03. The lowest BCUT2D eigenvalue weighted by Crippen LogP contribution is -2.46. The van der Waals surface area contributed by atoms with Crippen LogP contribution in [-0.2, 0) is 20.7 Å². The average Bonchev–Trinajstić information content (AvgIpc) is 3.23.